The highest BCUT2D eigenvalue weighted by Crippen LogP contribution is 2.52. The Bertz CT molecular complexity index is 2060. The van der Waals surface area contributed by atoms with Crippen LogP contribution in [-0.4, -0.2) is 25.2 Å². The van der Waals surface area contributed by atoms with Crippen LogP contribution in [-0.2, 0) is 22.6 Å². The van der Waals surface area contributed by atoms with Gasteiger partial charge in [0.2, 0.25) is 0 Å². The number of aromatic hydroxyl groups is 1. The number of fused-ring (bicyclic) bond motifs is 1. The van der Waals surface area contributed by atoms with E-state index in [0.29, 0.717) is 0 Å². The Hall–Kier alpha value is -4.84. The fraction of sp³-hybridized carbons (Fsp3) is 0.250. The summed E-state index contributed by atoms with van der Waals surface area (Å²) in [5.74, 6) is -2.47. The van der Waals surface area contributed by atoms with Crippen LogP contribution < -0.4 is 15.0 Å². The number of hydrogen-bond donors (Lipinski definition) is 2. The number of rotatable bonds is 5. The van der Waals surface area contributed by atoms with E-state index in [4.69, 9.17) is 4.74 Å². The van der Waals surface area contributed by atoms with E-state index >= 15 is 4.39 Å². The molecule has 2 N–H and O–H groups in total. The number of alkyl halides is 3. The summed E-state index contributed by atoms with van der Waals surface area (Å²) in [6.07, 6.45) is -4.64. The molecular formula is C36H32F4N2O5S. The third-order valence-corrected chi connectivity index (χ3v) is 10.8. The molecule has 0 bridgehead atoms. The van der Waals surface area contributed by atoms with Gasteiger partial charge in [-0.1, -0.05) is 56.3 Å². The van der Waals surface area contributed by atoms with Crippen molar-refractivity contribution >= 4 is 27.1 Å². The lowest BCUT2D eigenvalue weighted by molar-refractivity contribution is -0.138. The SMILES string of the molecule is Cc1c(C(=O)N2c3cccc(O)c3NC3=C(C2c2ccc(OCc4ccccc4)cc2F)S(=O)(=O)CC(C)(C)C3)cccc1C(F)(F)F. The monoisotopic (exact) mass is 680 g/mol. The number of halogens is 4. The molecule has 48 heavy (non-hydrogen) atoms. The van der Waals surface area contributed by atoms with Crippen LogP contribution in [0, 0.1) is 18.2 Å². The molecule has 0 aromatic heterocycles. The minimum absolute atomic E-state index is 0.0402. The number of allylic oxidation sites excluding steroid dienone is 1. The number of hydrogen-bond acceptors (Lipinski definition) is 6. The fourth-order valence-electron chi connectivity index (χ4n) is 6.47. The molecule has 0 radical (unpaired) electrons. The number of phenols is 1. The quantitative estimate of drug-likeness (QED) is 0.163. The Balaban J connectivity index is 1.59. The lowest BCUT2D eigenvalue weighted by Gasteiger charge is -2.37. The second kappa shape index (κ2) is 12.0. The summed E-state index contributed by atoms with van der Waals surface area (Å²) in [6, 6.07) is 18.6. The van der Waals surface area contributed by atoms with Crippen LogP contribution >= 0.6 is 0 Å². The average Bonchev–Trinajstić information content (AvgIpc) is 3.14. The van der Waals surface area contributed by atoms with E-state index in [9.17, 15) is 31.5 Å². The molecule has 0 saturated heterocycles. The second-order valence-electron chi connectivity index (χ2n) is 12.8. The maximum Gasteiger partial charge on any atom is 0.416 e. The number of para-hydroxylation sites is 1. The number of benzene rings is 4. The third-order valence-electron chi connectivity index (χ3n) is 8.53. The number of carbonyl (C=O) groups is 1. The van der Waals surface area contributed by atoms with Crippen molar-refractivity contribution in [2.24, 2.45) is 5.41 Å². The predicted octanol–water partition coefficient (Wildman–Crippen LogP) is 8.31. The number of ether oxygens (including phenoxy) is 1. The predicted molar refractivity (Wildman–Crippen MR) is 174 cm³/mol. The molecule has 0 spiro atoms. The van der Waals surface area contributed by atoms with E-state index in [-0.39, 0.29) is 68.9 Å². The molecular weight excluding hydrogens is 648 g/mol. The molecule has 0 fully saturated rings. The number of amides is 1. The molecule has 2 aliphatic rings. The number of nitrogens with zero attached hydrogens (tertiary/aromatic N) is 1. The van der Waals surface area contributed by atoms with Gasteiger partial charge in [-0.3, -0.25) is 9.69 Å². The summed E-state index contributed by atoms with van der Waals surface area (Å²) >= 11 is 0. The van der Waals surface area contributed by atoms with Gasteiger partial charge in [0, 0.05) is 22.9 Å². The molecule has 0 saturated carbocycles. The van der Waals surface area contributed by atoms with Gasteiger partial charge in [0.1, 0.15) is 35.7 Å². The van der Waals surface area contributed by atoms with Crippen molar-refractivity contribution in [1.82, 2.24) is 0 Å². The minimum Gasteiger partial charge on any atom is -0.506 e. The van der Waals surface area contributed by atoms with E-state index in [2.05, 4.69) is 5.32 Å². The number of sulfone groups is 1. The number of anilines is 2. The largest absolute Gasteiger partial charge is 0.506 e. The molecule has 1 unspecified atom stereocenters. The van der Waals surface area contributed by atoms with E-state index < -0.39 is 44.8 Å². The van der Waals surface area contributed by atoms with Crippen molar-refractivity contribution in [3.05, 3.63) is 129 Å². The smallest absolute Gasteiger partial charge is 0.416 e. The number of nitrogens with one attached hydrogen (secondary N) is 1. The summed E-state index contributed by atoms with van der Waals surface area (Å²) in [7, 11) is -4.24. The van der Waals surface area contributed by atoms with Crippen molar-refractivity contribution in [2.45, 2.75) is 46.0 Å². The van der Waals surface area contributed by atoms with Gasteiger partial charge < -0.3 is 15.2 Å². The summed E-state index contributed by atoms with van der Waals surface area (Å²) in [4.78, 5) is 15.3. The van der Waals surface area contributed by atoms with Crippen LogP contribution in [0.25, 0.3) is 0 Å². The van der Waals surface area contributed by atoms with E-state index in [1.807, 2.05) is 30.3 Å². The van der Waals surface area contributed by atoms with Crippen molar-refractivity contribution in [3.8, 4) is 11.5 Å². The summed E-state index contributed by atoms with van der Waals surface area (Å²) in [5, 5.41) is 14.0. The standard InChI is InChI=1S/C36H32F4N2O5S/c1-21-24(11-7-12-26(21)36(38,39)40)34(44)42-29-13-8-14-30(43)31(29)41-28-18-35(2,3)20-48(45,46)33(28)32(42)25-16-15-23(17-27(25)37)47-19-22-9-5-4-6-10-22/h4-17,32,41,43H,18-20H2,1-3H3. The molecule has 1 amide bonds. The normalized spacial score (nSPS) is 18.3. The van der Waals surface area contributed by atoms with Crippen LogP contribution in [0.4, 0.5) is 28.9 Å². The van der Waals surface area contributed by atoms with Crippen LogP contribution in [0.1, 0.15) is 58.9 Å². The van der Waals surface area contributed by atoms with Crippen LogP contribution in [0.5, 0.6) is 11.5 Å². The van der Waals surface area contributed by atoms with Crippen LogP contribution in [0.3, 0.4) is 0 Å². The highest BCUT2D eigenvalue weighted by atomic mass is 32.2. The number of carbonyl (C=O) groups excluding carboxylic acids is 1. The molecule has 1 atom stereocenters. The fourth-order valence-corrected chi connectivity index (χ4v) is 8.83. The Morgan fingerprint density at radius 3 is 2.42 bits per heavy atom. The number of phenolic OH excluding ortho intramolecular Hbond substituents is 1. The first-order valence-corrected chi connectivity index (χ1v) is 16.7. The highest BCUT2D eigenvalue weighted by molar-refractivity contribution is 7.95. The first kappa shape index (κ1) is 33.1. The molecule has 6 rings (SSSR count). The molecule has 2 aliphatic heterocycles. The van der Waals surface area contributed by atoms with Gasteiger partial charge in [-0.15, -0.1) is 0 Å². The molecule has 4 aromatic carbocycles. The molecule has 0 aliphatic carbocycles. The molecule has 2 heterocycles. The molecule has 7 nitrogen and oxygen atoms in total. The zero-order valence-electron chi connectivity index (χ0n) is 26.2. The maximum atomic E-state index is 16.4. The minimum atomic E-state index is -4.79. The van der Waals surface area contributed by atoms with Gasteiger partial charge in [0.25, 0.3) is 5.91 Å². The van der Waals surface area contributed by atoms with E-state index in [0.717, 1.165) is 35.6 Å². The zero-order valence-corrected chi connectivity index (χ0v) is 27.0. The van der Waals surface area contributed by atoms with Crippen molar-refractivity contribution in [1.29, 1.82) is 0 Å². The van der Waals surface area contributed by atoms with Gasteiger partial charge >= 0.3 is 6.18 Å². The lowest BCUT2D eigenvalue weighted by Crippen LogP contribution is -2.41. The van der Waals surface area contributed by atoms with Crippen LogP contribution in [0.2, 0.25) is 0 Å². The van der Waals surface area contributed by atoms with Crippen molar-refractivity contribution < 1.29 is 40.6 Å². The van der Waals surface area contributed by atoms with Gasteiger partial charge in [0.05, 0.1) is 21.9 Å². The van der Waals surface area contributed by atoms with Crippen LogP contribution in [0.15, 0.2) is 95.5 Å². The first-order valence-electron chi connectivity index (χ1n) is 15.1. The Kier molecular flexibility index (Phi) is 8.27. The molecule has 250 valence electrons. The Labute approximate surface area is 275 Å². The summed E-state index contributed by atoms with van der Waals surface area (Å²) in [5.41, 5.74) is -1.95. The summed E-state index contributed by atoms with van der Waals surface area (Å²) in [6.45, 7) is 4.76. The van der Waals surface area contributed by atoms with E-state index in [1.54, 1.807) is 13.8 Å². The van der Waals surface area contributed by atoms with Gasteiger partial charge in [-0.25, -0.2) is 12.8 Å². The summed E-state index contributed by atoms with van der Waals surface area (Å²) < 4.78 is 92.5. The maximum absolute atomic E-state index is 16.4. The van der Waals surface area contributed by atoms with E-state index in [1.165, 1.54) is 36.4 Å². The first-order chi connectivity index (χ1) is 22.6. The van der Waals surface area contributed by atoms with Crippen molar-refractivity contribution in [3.63, 3.8) is 0 Å². The molecule has 4 aromatic rings. The van der Waals surface area contributed by atoms with Gasteiger partial charge in [-0.2, -0.15) is 13.2 Å². The van der Waals surface area contributed by atoms with Gasteiger partial charge in [-0.05, 0) is 66.3 Å². The Morgan fingerprint density at radius 1 is 1.02 bits per heavy atom. The third kappa shape index (κ3) is 6.12. The van der Waals surface area contributed by atoms with Crippen molar-refractivity contribution in [2.75, 3.05) is 16.0 Å². The highest BCUT2D eigenvalue weighted by Gasteiger charge is 2.48. The average molecular weight is 681 g/mol. The topological polar surface area (TPSA) is 95.9 Å². The zero-order chi connectivity index (χ0) is 34.6. The molecule has 12 heteroatoms. The lowest BCUT2D eigenvalue weighted by atomic mass is 9.88. The second-order valence-corrected chi connectivity index (χ2v) is 14.7. The Morgan fingerprint density at radius 2 is 1.73 bits per heavy atom. The van der Waals surface area contributed by atoms with Gasteiger partial charge in [0.15, 0.2) is 9.84 Å².